The normalized spacial score (nSPS) is 28.8. The van der Waals surface area contributed by atoms with Crippen LogP contribution in [0.25, 0.3) is 0 Å². The minimum Gasteiger partial charge on any atom is -0.491 e. The lowest BCUT2D eigenvalue weighted by molar-refractivity contribution is -0.286. The van der Waals surface area contributed by atoms with Gasteiger partial charge in [0, 0.05) is 12.3 Å². The molecule has 1 aliphatic rings. The molecular weight excluding hydrogens is 340 g/mol. The molecule has 2 rings (SSSR count). The maximum absolute atomic E-state index is 11.5. The Morgan fingerprint density at radius 1 is 1.19 bits per heavy atom. The van der Waals surface area contributed by atoms with Crippen LogP contribution in [0.15, 0.2) is 18.2 Å². The first-order valence-electron chi connectivity index (χ1n) is 8.77. The molecule has 0 saturated carbocycles. The third-order valence-corrected chi connectivity index (χ3v) is 4.48. The molecule has 1 saturated heterocycles. The highest BCUT2D eigenvalue weighted by atomic mass is 16.7. The van der Waals surface area contributed by atoms with Gasteiger partial charge in [0.2, 0.25) is 0 Å². The maximum Gasteiger partial charge on any atom is 0.164 e. The summed E-state index contributed by atoms with van der Waals surface area (Å²) in [5.74, 6) is -0.0911. The van der Waals surface area contributed by atoms with E-state index in [0.29, 0.717) is 0 Å². The van der Waals surface area contributed by atoms with E-state index in [4.69, 9.17) is 14.2 Å². The molecule has 1 aliphatic heterocycles. The molecule has 1 aromatic carbocycles. The SMILES string of the molecule is CC(=O)CC1C(OCCOc2ccc(C)cc2C)OC(CO)C(O)C1O. The zero-order chi connectivity index (χ0) is 19.3. The van der Waals surface area contributed by atoms with Crippen molar-refractivity contribution < 1.29 is 34.3 Å². The van der Waals surface area contributed by atoms with Crippen molar-refractivity contribution in [2.75, 3.05) is 19.8 Å². The lowest BCUT2D eigenvalue weighted by atomic mass is 9.87. The monoisotopic (exact) mass is 368 g/mol. The van der Waals surface area contributed by atoms with Gasteiger partial charge >= 0.3 is 0 Å². The van der Waals surface area contributed by atoms with Gasteiger partial charge in [-0.2, -0.15) is 0 Å². The number of benzene rings is 1. The Bertz CT molecular complexity index is 604. The van der Waals surface area contributed by atoms with Crippen molar-refractivity contribution in [3.05, 3.63) is 29.3 Å². The maximum atomic E-state index is 11.5. The van der Waals surface area contributed by atoms with Crippen LogP contribution in [-0.2, 0) is 14.3 Å². The summed E-state index contributed by atoms with van der Waals surface area (Å²) in [6.07, 6.45) is -4.33. The number of Topliss-reactive ketones (excluding diaryl/α,β-unsaturated/α-hetero) is 1. The Balaban J connectivity index is 1.92. The molecule has 1 heterocycles. The number of rotatable bonds is 8. The molecule has 0 radical (unpaired) electrons. The molecule has 26 heavy (non-hydrogen) atoms. The number of ether oxygens (including phenoxy) is 3. The first kappa shape index (κ1) is 20.8. The number of aliphatic hydroxyl groups excluding tert-OH is 3. The third kappa shape index (κ3) is 5.25. The quantitative estimate of drug-likeness (QED) is 0.581. The van der Waals surface area contributed by atoms with Gasteiger partial charge in [0.1, 0.15) is 30.3 Å². The first-order chi connectivity index (χ1) is 12.3. The number of carbonyl (C=O) groups is 1. The Hall–Kier alpha value is -1.51. The third-order valence-electron chi connectivity index (χ3n) is 4.48. The van der Waals surface area contributed by atoms with E-state index in [1.54, 1.807) is 0 Å². The minimum absolute atomic E-state index is 0.0129. The second-order valence-electron chi connectivity index (χ2n) is 6.76. The van der Waals surface area contributed by atoms with E-state index in [-0.39, 0.29) is 25.4 Å². The number of ketones is 1. The van der Waals surface area contributed by atoms with Gasteiger partial charge in [-0.15, -0.1) is 0 Å². The number of aryl methyl sites for hydroxylation is 2. The van der Waals surface area contributed by atoms with E-state index in [0.717, 1.165) is 16.9 Å². The molecule has 5 unspecified atom stereocenters. The second-order valence-corrected chi connectivity index (χ2v) is 6.76. The second kappa shape index (κ2) is 9.43. The zero-order valence-electron chi connectivity index (χ0n) is 15.4. The van der Waals surface area contributed by atoms with Gasteiger partial charge in [0.15, 0.2) is 6.29 Å². The van der Waals surface area contributed by atoms with Crippen molar-refractivity contribution in [2.24, 2.45) is 5.92 Å². The van der Waals surface area contributed by atoms with E-state index in [9.17, 15) is 20.1 Å². The molecule has 146 valence electrons. The highest BCUT2D eigenvalue weighted by molar-refractivity contribution is 5.75. The summed E-state index contributed by atoms with van der Waals surface area (Å²) in [6.45, 7) is 5.35. The van der Waals surface area contributed by atoms with Crippen LogP contribution in [0.1, 0.15) is 24.5 Å². The molecule has 0 bridgehead atoms. The predicted molar refractivity (Wildman–Crippen MR) is 93.9 cm³/mol. The zero-order valence-corrected chi connectivity index (χ0v) is 15.4. The summed E-state index contributed by atoms with van der Waals surface area (Å²) >= 11 is 0. The Morgan fingerprint density at radius 2 is 1.92 bits per heavy atom. The first-order valence-corrected chi connectivity index (χ1v) is 8.77. The van der Waals surface area contributed by atoms with Crippen molar-refractivity contribution >= 4 is 5.78 Å². The van der Waals surface area contributed by atoms with Gasteiger partial charge in [-0.05, 0) is 32.4 Å². The molecule has 0 amide bonds. The fourth-order valence-corrected chi connectivity index (χ4v) is 3.13. The van der Waals surface area contributed by atoms with Crippen molar-refractivity contribution in [3.63, 3.8) is 0 Å². The molecule has 0 spiro atoms. The van der Waals surface area contributed by atoms with Crippen molar-refractivity contribution in [3.8, 4) is 5.75 Å². The van der Waals surface area contributed by atoms with Crippen LogP contribution in [-0.4, -0.2) is 65.5 Å². The van der Waals surface area contributed by atoms with Gasteiger partial charge in [0.05, 0.1) is 19.3 Å². The number of hydrogen-bond donors (Lipinski definition) is 3. The van der Waals surface area contributed by atoms with Crippen LogP contribution >= 0.6 is 0 Å². The predicted octanol–water partition coefficient (Wildman–Crippen LogP) is 0.733. The lowest BCUT2D eigenvalue weighted by Crippen LogP contribution is -2.56. The van der Waals surface area contributed by atoms with E-state index < -0.39 is 37.1 Å². The summed E-state index contributed by atoms with van der Waals surface area (Å²) < 4.78 is 16.9. The molecule has 0 aromatic heterocycles. The Labute approximate surface area is 153 Å². The van der Waals surface area contributed by atoms with Crippen molar-refractivity contribution in [2.45, 2.75) is 51.8 Å². The van der Waals surface area contributed by atoms with E-state index in [1.807, 2.05) is 32.0 Å². The van der Waals surface area contributed by atoms with Crippen LogP contribution in [0.5, 0.6) is 5.75 Å². The molecule has 1 fully saturated rings. The molecule has 7 nitrogen and oxygen atoms in total. The topological polar surface area (TPSA) is 105 Å². The van der Waals surface area contributed by atoms with Gasteiger partial charge in [0.25, 0.3) is 0 Å². The number of carbonyl (C=O) groups excluding carboxylic acids is 1. The molecule has 0 aliphatic carbocycles. The molecule has 3 N–H and O–H groups in total. The smallest absolute Gasteiger partial charge is 0.164 e. The summed E-state index contributed by atoms with van der Waals surface area (Å²) in [5.41, 5.74) is 2.17. The molecule has 1 aromatic rings. The summed E-state index contributed by atoms with van der Waals surface area (Å²) in [5, 5.41) is 29.5. The van der Waals surface area contributed by atoms with Gasteiger partial charge < -0.3 is 34.3 Å². The average Bonchev–Trinajstić information content (AvgIpc) is 2.58. The highest BCUT2D eigenvalue weighted by Crippen LogP contribution is 2.29. The summed E-state index contributed by atoms with van der Waals surface area (Å²) in [4.78, 5) is 11.5. The van der Waals surface area contributed by atoms with E-state index in [2.05, 4.69) is 0 Å². The highest BCUT2D eigenvalue weighted by Gasteiger charge is 2.45. The van der Waals surface area contributed by atoms with Crippen LogP contribution in [0.3, 0.4) is 0 Å². The van der Waals surface area contributed by atoms with Gasteiger partial charge in [-0.3, -0.25) is 0 Å². The summed E-state index contributed by atoms with van der Waals surface area (Å²) in [7, 11) is 0. The number of aliphatic hydroxyl groups is 3. The van der Waals surface area contributed by atoms with Crippen molar-refractivity contribution in [1.29, 1.82) is 0 Å². The van der Waals surface area contributed by atoms with Crippen LogP contribution in [0.2, 0.25) is 0 Å². The number of hydrogen-bond acceptors (Lipinski definition) is 7. The molecular formula is C19H28O7. The van der Waals surface area contributed by atoms with E-state index in [1.165, 1.54) is 6.92 Å². The minimum atomic E-state index is -1.27. The summed E-state index contributed by atoms with van der Waals surface area (Å²) in [6, 6.07) is 5.87. The van der Waals surface area contributed by atoms with Gasteiger partial charge in [-0.1, -0.05) is 17.7 Å². The Kier molecular flexibility index (Phi) is 7.55. The van der Waals surface area contributed by atoms with E-state index >= 15 is 0 Å². The largest absolute Gasteiger partial charge is 0.491 e. The van der Waals surface area contributed by atoms with Crippen LogP contribution in [0.4, 0.5) is 0 Å². The van der Waals surface area contributed by atoms with Crippen molar-refractivity contribution in [1.82, 2.24) is 0 Å². The standard InChI is InChI=1S/C19H28O7/c1-11-4-5-15(12(2)8-11)24-6-7-25-19-14(9-13(3)21)17(22)18(23)16(10-20)26-19/h4-5,8,14,16-20,22-23H,6-7,9-10H2,1-3H3. The molecule has 7 heteroatoms. The lowest BCUT2D eigenvalue weighted by Gasteiger charge is -2.41. The van der Waals surface area contributed by atoms with Crippen LogP contribution in [0, 0.1) is 19.8 Å². The fourth-order valence-electron chi connectivity index (χ4n) is 3.13. The fraction of sp³-hybridized carbons (Fsp3) is 0.632. The Morgan fingerprint density at radius 3 is 2.54 bits per heavy atom. The van der Waals surface area contributed by atoms with Crippen LogP contribution < -0.4 is 4.74 Å². The van der Waals surface area contributed by atoms with Gasteiger partial charge in [-0.25, -0.2) is 0 Å². The average molecular weight is 368 g/mol. The molecule has 5 atom stereocenters.